The van der Waals surface area contributed by atoms with E-state index in [1.165, 1.54) is 30.4 Å². The van der Waals surface area contributed by atoms with Gasteiger partial charge >= 0.3 is 0 Å². The van der Waals surface area contributed by atoms with Gasteiger partial charge in [0.1, 0.15) is 0 Å². The van der Waals surface area contributed by atoms with Crippen molar-refractivity contribution in [3.05, 3.63) is 54.1 Å². The molecule has 0 aliphatic carbocycles. The highest BCUT2D eigenvalue weighted by Gasteiger charge is 2.22. The Hall–Kier alpha value is -2.71. The van der Waals surface area contributed by atoms with Crippen LogP contribution in [-0.2, 0) is 26.0 Å². The van der Waals surface area contributed by atoms with E-state index in [0.29, 0.717) is 11.4 Å². The van der Waals surface area contributed by atoms with E-state index < -0.39 is 10.0 Å². The highest BCUT2D eigenvalue weighted by molar-refractivity contribution is 7.89. The molecule has 28 heavy (non-hydrogen) atoms. The molecule has 150 valence electrons. The molecule has 0 fully saturated rings. The number of hydrogen-bond acceptors (Lipinski definition) is 4. The van der Waals surface area contributed by atoms with Crippen molar-refractivity contribution in [3.63, 3.8) is 0 Å². The summed E-state index contributed by atoms with van der Waals surface area (Å²) >= 11 is 0. The predicted molar refractivity (Wildman–Crippen MR) is 110 cm³/mol. The van der Waals surface area contributed by atoms with E-state index in [1.807, 2.05) is 0 Å². The monoisotopic (exact) mass is 403 g/mol. The van der Waals surface area contributed by atoms with Crippen molar-refractivity contribution in [2.24, 2.45) is 0 Å². The topological polar surface area (TPSA) is 95.6 Å². The zero-order valence-electron chi connectivity index (χ0n) is 16.4. The molecule has 0 saturated carbocycles. The molecule has 2 amide bonds. The lowest BCUT2D eigenvalue weighted by Crippen LogP contribution is -2.33. The van der Waals surface area contributed by atoms with Gasteiger partial charge in [0, 0.05) is 31.4 Å². The molecule has 0 aliphatic heterocycles. The number of rotatable bonds is 7. The minimum Gasteiger partial charge on any atom is -0.326 e. The SMILES string of the molecule is CC(=O)Nc1ccc(CC(=O)Nc2ccc(S(=O)(=O)N(C)C(C)C)cc2)cc1. The second-order valence-electron chi connectivity index (χ2n) is 6.74. The maximum Gasteiger partial charge on any atom is 0.243 e. The molecule has 2 rings (SSSR count). The summed E-state index contributed by atoms with van der Waals surface area (Å²) < 4.78 is 26.2. The van der Waals surface area contributed by atoms with Gasteiger partial charge in [-0.25, -0.2) is 8.42 Å². The molecule has 0 radical (unpaired) electrons. The maximum atomic E-state index is 12.5. The summed E-state index contributed by atoms with van der Waals surface area (Å²) in [7, 11) is -2.02. The number of anilines is 2. The summed E-state index contributed by atoms with van der Waals surface area (Å²) in [5.74, 6) is -0.377. The van der Waals surface area contributed by atoms with Crippen molar-refractivity contribution in [2.75, 3.05) is 17.7 Å². The number of sulfonamides is 1. The lowest BCUT2D eigenvalue weighted by atomic mass is 10.1. The third kappa shape index (κ3) is 5.64. The van der Waals surface area contributed by atoms with Gasteiger partial charge < -0.3 is 10.6 Å². The van der Waals surface area contributed by atoms with E-state index in [2.05, 4.69) is 10.6 Å². The first-order chi connectivity index (χ1) is 13.1. The Morgan fingerprint density at radius 2 is 1.43 bits per heavy atom. The second-order valence-corrected chi connectivity index (χ2v) is 8.74. The molecule has 0 heterocycles. The maximum absolute atomic E-state index is 12.5. The quantitative estimate of drug-likeness (QED) is 0.743. The first kappa shape index (κ1) is 21.6. The van der Waals surface area contributed by atoms with Gasteiger partial charge in [-0.05, 0) is 55.8 Å². The number of carbonyl (C=O) groups excluding carboxylic acids is 2. The molecule has 0 bridgehead atoms. The number of benzene rings is 2. The van der Waals surface area contributed by atoms with Crippen LogP contribution in [-0.4, -0.2) is 37.6 Å². The molecule has 0 unspecified atom stereocenters. The molecule has 8 heteroatoms. The van der Waals surface area contributed by atoms with Crippen molar-refractivity contribution in [2.45, 2.75) is 38.1 Å². The first-order valence-electron chi connectivity index (χ1n) is 8.84. The highest BCUT2D eigenvalue weighted by atomic mass is 32.2. The Morgan fingerprint density at radius 3 is 1.93 bits per heavy atom. The van der Waals surface area contributed by atoms with Gasteiger partial charge in [0.15, 0.2) is 0 Å². The fourth-order valence-corrected chi connectivity index (χ4v) is 3.82. The van der Waals surface area contributed by atoms with Gasteiger partial charge in [0.2, 0.25) is 21.8 Å². The van der Waals surface area contributed by atoms with Gasteiger partial charge in [-0.2, -0.15) is 4.31 Å². The van der Waals surface area contributed by atoms with Crippen LogP contribution < -0.4 is 10.6 Å². The average molecular weight is 404 g/mol. The molecule has 0 aliphatic rings. The van der Waals surface area contributed by atoms with Gasteiger partial charge in [-0.1, -0.05) is 12.1 Å². The van der Waals surface area contributed by atoms with Crippen LogP contribution in [0.1, 0.15) is 26.3 Å². The highest BCUT2D eigenvalue weighted by Crippen LogP contribution is 2.19. The number of nitrogens with one attached hydrogen (secondary N) is 2. The zero-order chi connectivity index (χ0) is 20.9. The number of hydrogen-bond donors (Lipinski definition) is 2. The van der Waals surface area contributed by atoms with Crippen molar-refractivity contribution in [3.8, 4) is 0 Å². The van der Waals surface area contributed by atoms with Crippen LogP contribution in [0.3, 0.4) is 0 Å². The van der Waals surface area contributed by atoms with Crippen molar-refractivity contribution >= 4 is 33.2 Å². The van der Waals surface area contributed by atoms with E-state index in [0.717, 1.165) is 5.56 Å². The number of carbonyl (C=O) groups is 2. The van der Waals surface area contributed by atoms with E-state index >= 15 is 0 Å². The lowest BCUT2D eigenvalue weighted by Gasteiger charge is -2.21. The average Bonchev–Trinajstić information content (AvgIpc) is 2.62. The number of nitrogens with zero attached hydrogens (tertiary/aromatic N) is 1. The standard InChI is InChI=1S/C20H25N3O4S/c1-14(2)23(4)28(26,27)19-11-9-18(10-12-19)22-20(25)13-16-5-7-17(8-6-16)21-15(3)24/h5-12,14H,13H2,1-4H3,(H,21,24)(H,22,25). The van der Waals surface area contributed by atoms with E-state index in [9.17, 15) is 18.0 Å². The van der Waals surface area contributed by atoms with E-state index in [4.69, 9.17) is 0 Å². The van der Waals surface area contributed by atoms with Crippen LogP contribution in [0.5, 0.6) is 0 Å². The fraction of sp³-hybridized carbons (Fsp3) is 0.300. The van der Waals surface area contributed by atoms with Crippen LogP contribution in [0.2, 0.25) is 0 Å². The van der Waals surface area contributed by atoms with Crippen molar-refractivity contribution in [1.29, 1.82) is 0 Å². The molecule has 0 saturated heterocycles. The van der Waals surface area contributed by atoms with Gasteiger partial charge in [0.25, 0.3) is 0 Å². The second kappa shape index (κ2) is 8.99. The Balaban J connectivity index is 2.00. The van der Waals surface area contributed by atoms with Crippen molar-refractivity contribution in [1.82, 2.24) is 4.31 Å². The zero-order valence-corrected chi connectivity index (χ0v) is 17.2. The van der Waals surface area contributed by atoms with Gasteiger partial charge in [0.05, 0.1) is 11.3 Å². The molecule has 0 spiro atoms. The lowest BCUT2D eigenvalue weighted by molar-refractivity contribution is -0.116. The molecular weight excluding hydrogens is 378 g/mol. The van der Waals surface area contributed by atoms with Crippen molar-refractivity contribution < 1.29 is 18.0 Å². The molecular formula is C20H25N3O4S. The fourth-order valence-electron chi connectivity index (χ4n) is 2.45. The Bertz CT molecular complexity index is 936. The minimum absolute atomic E-state index is 0.151. The normalized spacial score (nSPS) is 11.5. The molecule has 2 aromatic carbocycles. The summed E-state index contributed by atoms with van der Waals surface area (Å²) in [5, 5.41) is 5.42. The molecule has 2 N–H and O–H groups in total. The summed E-state index contributed by atoms with van der Waals surface area (Å²) in [6.07, 6.45) is 0.163. The van der Waals surface area contributed by atoms with Crippen LogP contribution >= 0.6 is 0 Å². The van der Waals surface area contributed by atoms with E-state index in [-0.39, 0.29) is 29.2 Å². The smallest absolute Gasteiger partial charge is 0.243 e. The van der Waals surface area contributed by atoms with Crippen LogP contribution in [0.25, 0.3) is 0 Å². The van der Waals surface area contributed by atoms with Crippen LogP contribution in [0, 0.1) is 0 Å². The third-order valence-electron chi connectivity index (χ3n) is 4.18. The Labute approximate surface area is 165 Å². The summed E-state index contributed by atoms with van der Waals surface area (Å²) in [4.78, 5) is 23.4. The third-order valence-corrected chi connectivity index (χ3v) is 6.23. The number of amides is 2. The summed E-state index contributed by atoms with van der Waals surface area (Å²) in [6, 6.07) is 12.9. The molecule has 0 atom stereocenters. The molecule has 7 nitrogen and oxygen atoms in total. The first-order valence-corrected chi connectivity index (χ1v) is 10.3. The summed E-state index contributed by atoms with van der Waals surface area (Å²) in [5.41, 5.74) is 1.98. The van der Waals surface area contributed by atoms with E-state index in [1.54, 1.807) is 50.2 Å². The predicted octanol–water partition coefficient (Wildman–Crippen LogP) is 2.86. The van der Waals surface area contributed by atoms with Gasteiger partial charge in [-0.3, -0.25) is 9.59 Å². The minimum atomic E-state index is -3.55. The Morgan fingerprint density at radius 1 is 0.929 bits per heavy atom. The molecule has 0 aromatic heterocycles. The summed E-state index contributed by atoms with van der Waals surface area (Å²) in [6.45, 7) is 5.03. The molecule has 2 aromatic rings. The van der Waals surface area contributed by atoms with Gasteiger partial charge in [-0.15, -0.1) is 0 Å². The van der Waals surface area contributed by atoms with Crippen LogP contribution in [0.15, 0.2) is 53.4 Å². The largest absolute Gasteiger partial charge is 0.326 e. The Kier molecular flexibility index (Phi) is 6.93. The van der Waals surface area contributed by atoms with Crippen LogP contribution in [0.4, 0.5) is 11.4 Å².